The first-order chi connectivity index (χ1) is 28.0. The molecule has 3 heterocycles. The Hall–Kier alpha value is -1.83. The summed E-state index contributed by atoms with van der Waals surface area (Å²) in [5.41, 5.74) is -4.22. The molecule has 16 nitrogen and oxygen atoms in total. The molecular formula is C44H80N2O14. The molecule has 4 N–H and O–H groups in total. The summed E-state index contributed by atoms with van der Waals surface area (Å²) in [7, 11) is 4.81. The number of aliphatic hydroxyl groups excluding tert-OH is 2. The van der Waals surface area contributed by atoms with E-state index in [9.17, 15) is 29.7 Å². The van der Waals surface area contributed by atoms with Crippen LogP contribution < -0.4 is 5.32 Å². The van der Waals surface area contributed by atoms with Gasteiger partial charge in [0.1, 0.15) is 29.2 Å². The Morgan fingerprint density at radius 2 is 1.50 bits per heavy atom. The van der Waals surface area contributed by atoms with Crippen LogP contribution in [0.3, 0.4) is 0 Å². The largest absolute Gasteiger partial charge is 0.459 e. The SMILES string of the molecule is CC[C@H]1OC(=O)[C@H](C)[C@@H](O[C@H]2C[C@@](C)(OC)[C@@H](OC(=O)CN(CC)CC)[C@H](C)O2)[C@H](C)[C@@H](O[C@@H]2O[C@H](C)C[C@H](NC)[C@H]2O)[C@](C)(OC)C[C@@H](C)C(=O)C[C@H](C)[C@@H](O)[C@]1(C)O. The third-order valence-electron chi connectivity index (χ3n) is 13.7. The smallest absolute Gasteiger partial charge is 0.320 e. The number of rotatable bonds is 13. The second kappa shape index (κ2) is 22.2. The third kappa shape index (κ3) is 12.2. The van der Waals surface area contributed by atoms with Crippen molar-refractivity contribution in [2.75, 3.05) is 40.9 Å². The van der Waals surface area contributed by atoms with E-state index < -0.39 is 108 Å². The number of hydrogen-bond donors (Lipinski definition) is 4. The molecule has 0 saturated carbocycles. The fourth-order valence-corrected chi connectivity index (χ4v) is 9.51. The number of nitrogens with one attached hydrogen (secondary N) is 1. The van der Waals surface area contributed by atoms with Crippen molar-refractivity contribution >= 4 is 17.7 Å². The van der Waals surface area contributed by atoms with Crippen LogP contribution in [0.1, 0.15) is 115 Å². The van der Waals surface area contributed by atoms with E-state index in [4.69, 9.17) is 37.9 Å². The molecule has 16 heteroatoms. The van der Waals surface area contributed by atoms with Gasteiger partial charge in [0.15, 0.2) is 18.7 Å². The van der Waals surface area contributed by atoms with E-state index in [1.54, 1.807) is 41.7 Å². The fraction of sp³-hybridized carbons (Fsp3) is 0.932. The molecule has 350 valence electrons. The molecule has 0 aromatic carbocycles. The predicted octanol–water partition coefficient (Wildman–Crippen LogP) is 3.38. The number of cyclic esters (lactones) is 1. The summed E-state index contributed by atoms with van der Waals surface area (Å²) < 4.78 is 50.9. The lowest BCUT2D eigenvalue weighted by Crippen LogP contribution is -2.61. The standard InChI is InChI=1S/C44H80N2O14/c1-16-32-44(12,52)37(50)24(4)19-31(47)25(5)21-42(10,53-14)38(60-41-35(49)30(45-13)20-26(6)55-41)27(7)36(28(8)40(51)57-32)59-34-22-43(11,54-15)39(29(9)56-34)58-33(48)23-46(17-2)18-3/h24-30,32,34-39,41,45,49-50,52H,16-23H2,1-15H3/t24-,25+,26+,27-,28+,29-,30-,32+,34-,35+,36-,37+,38+,39-,41-,42+,43+,44+/m0/s1. The molecule has 60 heavy (non-hydrogen) atoms. The molecule has 3 fully saturated rings. The molecule has 0 radical (unpaired) electrons. The van der Waals surface area contributed by atoms with Gasteiger partial charge in [0.05, 0.1) is 48.6 Å². The molecule has 0 aromatic heterocycles. The maximum absolute atomic E-state index is 14.4. The summed E-state index contributed by atoms with van der Waals surface area (Å²) in [5, 5.41) is 37.9. The van der Waals surface area contributed by atoms with Gasteiger partial charge in [-0.05, 0) is 86.9 Å². The summed E-state index contributed by atoms with van der Waals surface area (Å²) in [5.74, 6) is -4.39. The number of carbonyl (C=O) groups is 3. The van der Waals surface area contributed by atoms with Crippen LogP contribution in [0, 0.1) is 23.7 Å². The molecule has 0 bridgehead atoms. The van der Waals surface area contributed by atoms with Gasteiger partial charge in [0.25, 0.3) is 0 Å². The van der Waals surface area contributed by atoms with E-state index in [0.717, 1.165) is 0 Å². The van der Waals surface area contributed by atoms with Gasteiger partial charge >= 0.3 is 11.9 Å². The van der Waals surface area contributed by atoms with E-state index >= 15 is 0 Å². The first-order valence-electron chi connectivity index (χ1n) is 22.1. The first kappa shape index (κ1) is 52.5. The zero-order valence-corrected chi connectivity index (χ0v) is 39.1. The summed E-state index contributed by atoms with van der Waals surface area (Å²) in [6, 6.07) is -0.351. The average Bonchev–Trinajstić information content (AvgIpc) is 3.20. The number of likely N-dealkylation sites (N-methyl/N-ethyl adjacent to an activating group) is 2. The van der Waals surface area contributed by atoms with Gasteiger partial charge in [-0.15, -0.1) is 0 Å². The van der Waals surface area contributed by atoms with Gasteiger partial charge in [0.2, 0.25) is 0 Å². The summed E-state index contributed by atoms with van der Waals surface area (Å²) in [6.07, 6.45) is -8.70. The zero-order valence-electron chi connectivity index (χ0n) is 39.1. The second-order valence-electron chi connectivity index (χ2n) is 18.4. The number of aliphatic hydroxyl groups is 3. The van der Waals surface area contributed by atoms with E-state index in [0.29, 0.717) is 19.5 Å². The van der Waals surface area contributed by atoms with E-state index in [1.165, 1.54) is 21.1 Å². The molecular weight excluding hydrogens is 780 g/mol. The maximum atomic E-state index is 14.4. The highest BCUT2D eigenvalue weighted by atomic mass is 16.7. The van der Waals surface area contributed by atoms with Crippen LogP contribution >= 0.6 is 0 Å². The van der Waals surface area contributed by atoms with Gasteiger partial charge in [-0.1, -0.05) is 41.5 Å². The maximum Gasteiger partial charge on any atom is 0.320 e. The van der Waals surface area contributed by atoms with Crippen LogP contribution in [0.5, 0.6) is 0 Å². The van der Waals surface area contributed by atoms with Crippen molar-refractivity contribution in [1.29, 1.82) is 0 Å². The lowest BCUT2D eigenvalue weighted by atomic mass is 9.76. The topological polar surface area (TPSA) is 201 Å². The number of ether oxygens (including phenoxy) is 8. The van der Waals surface area contributed by atoms with Gasteiger partial charge in [-0.25, -0.2) is 0 Å². The van der Waals surface area contributed by atoms with Crippen LogP contribution in [0.25, 0.3) is 0 Å². The Morgan fingerprint density at radius 3 is 2.05 bits per heavy atom. The number of esters is 2. The van der Waals surface area contributed by atoms with Crippen LogP contribution in [0.2, 0.25) is 0 Å². The number of carbonyl (C=O) groups excluding carboxylic acids is 3. The van der Waals surface area contributed by atoms with E-state index in [-0.39, 0.29) is 50.2 Å². The van der Waals surface area contributed by atoms with Crippen molar-refractivity contribution in [1.82, 2.24) is 10.2 Å². The highest BCUT2D eigenvalue weighted by Gasteiger charge is 2.54. The molecule has 3 saturated heterocycles. The molecule has 0 spiro atoms. The van der Waals surface area contributed by atoms with E-state index in [2.05, 4.69) is 5.32 Å². The molecule has 3 aliphatic heterocycles. The highest BCUT2D eigenvalue weighted by molar-refractivity contribution is 5.81. The van der Waals surface area contributed by atoms with Crippen LogP contribution in [-0.2, 0) is 52.3 Å². The molecule has 3 rings (SSSR count). The quantitative estimate of drug-likeness (QED) is 0.196. The minimum Gasteiger partial charge on any atom is -0.459 e. The van der Waals surface area contributed by atoms with Crippen LogP contribution in [0.15, 0.2) is 0 Å². The number of ketones is 1. The molecule has 0 unspecified atom stereocenters. The van der Waals surface area contributed by atoms with Crippen molar-refractivity contribution in [3.63, 3.8) is 0 Å². The Balaban J connectivity index is 2.18. The molecule has 18 atom stereocenters. The third-order valence-corrected chi connectivity index (χ3v) is 13.7. The molecule has 0 aliphatic carbocycles. The molecule has 3 aliphatic rings. The van der Waals surface area contributed by atoms with Crippen LogP contribution in [-0.4, -0.2) is 163 Å². The number of hydrogen-bond acceptors (Lipinski definition) is 16. The molecule has 0 amide bonds. The van der Waals surface area contributed by atoms with Crippen molar-refractivity contribution in [2.24, 2.45) is 23.7 Å². The summed E-state index contributed by atoms with van der Waals surface area (Å²) in [4.78, 5) is 43.5. The van der Waals surface area contributed by atoms with Crippen molar-refractivity contribution in [2.45, 2.75) is 199 Å². The zero-order chi connectivity index (χ0) is 45.5. The summed E-state index contributed by atoms with van der Waals surface area (Å²) in [6.45, 7) is 22.8. The first-order valence-corrected chi connectivity index (χ1v) is 22.1. The molecule has 0 aromatic rings. The Morgan fingerprint density at radius 1 is 0.900 bits per heavy atom. The summed E-state index contributed by atoms with van der Waals surface area (Å²) >= 11 is 0. The highest BCUT2D eigenvalue weighted by Crippen LogP contribution is 2.42. The number of nitrogens with zero attached hydrogens (tertiary/aromatic N) is 1. The van der Waals surface area contributed by atoms with Crippen molar-refractivity contribution in [3.05, 3.63) is 0 Å². The van der Waals surface area contributed by atoms with E-state index in [1.807, 2.05) is 46.4 Å². The fourth-order valence-electron chi connectivity index (χ4n) is 9.51. The van der Waals surface area contributed by atoms with Gasteiger partial charge < -0.3 is 58.5 Å². The number of methoxy groups -OCH3 is 2. The minimum atomic E-state index is -1.91. The average molecular weight is 861 g/mol. The second-order valence-corrected chi connectivity index (χ2v) is 18.4. The van der Waals surface area contributed by atoms with Crippen molar-refractivity contribution in [3.8, 4) is 0 Å². The Labute approximate surface area is 358 Å². The lowest BCUT2D eigenvalue weighted by molar-refractivity contribution is -0.318. The minimum absolute atomic E-state index is 0.0566. The number of Topliss-reactive ketones (excluding diaryl/α,β-unsaturated/α-hetero) is 1. The van der Waals surface area contributed by atoms with Crippen molar-refractivity contribution < 1.29 is 67.6 Å². The Kier molecular flexibility index (Phi) is 19.4. The van der Waals surface area contributed by atoms with Gasteiger partial charge in [-0.3, -0.25) is 19.3 Å². The monoisotopic (exact) mass is 861 g/mol. The van der Waals surface area contributed by atoms with Gasteiger partial charge in [0, 0.05) is 44.9 Å². The lowest BCUT2D eigenvalue weighted by Gasteiger charge is -2.49. The predicted molar refractivity (Wildman–Crippen MR) is 223 cm³/mol. The van der Waals surface area contributed by atoms with Crippen LogP contribution in [0.4, 0.5) is 0 Å². The van der Waals surface area contributed by atoms with Gasteiger partial charge in [-0.2, -0.15) is 0 Å². The Bertz CT molecular complexity index is 1380. The normalized spacial score (nSPS) is 44.1.